The molecule has 3 rings (SSSR count). The third-order valence-corrected chi connectivity index (χ3v) is 5.83. The van der Waals surface area contributed by atoms with Crippen LogP contribution in [0.4, 0.5) is 5.69 Å². The Morgan fingerprint density at radius 1 is 1.14 bits per heavy atom. The number of hydrogen-bond donors (Lipinski definition) is 1. The maximum atomic E-state index is 12.4. The molecular weight excluding hydrogens is 448 g/mol. The number of rotatable bonds is 8. The first-order valence-electron chi connectivity index (χ1n) is 9.84. The lowest BCUT2D eigenvalue weighted by molar-refractivity contribution is -0.115. The molecule has 0 aliphatic carbocycles. The molecule has 0 atom stereocenters. The standard InChI is InChI=1S/C23H25BrN2O2S/c1-3-4-5-6-13-28-20-12-9-18(24)14-17(20)15-21-22(27)26-23(29-21)25-19-10-7-16(2)8-11-19/h7-12,14-15H,3-6,13H2,1-2H3,(H,25,26,27)/b21-15+. The maximum Gasteiger partial charge on any atom is 0.264 e. The van der Waals surface area contributed by atoms with Crippen LogP contribution in [0.25, 0.3) is 6.08 Å². The van der Waals surface area contributed by atoms with Crippen LogP contribution in [0.5, 0.6) is 5.75 Å². The van der Waals surface area contributed by atoms with E-state index >= 15 is 0 Å². The van der Waals surface area contributed by atoms with E-state index < -0.39 is 0 Å². The van der Waals surface area contributed by atoms with Gasteiger partial charge >= 0.3 is 0 Å². The van der Waals surface area contributed by atoms with Crippen molar-refractivity contribution in [2.45, 2.75) is 39.5 Å². The van der Waals surface area contributed by atoms with Crippen molar-refractivity contribution in [3.05, 3.63) is 63.0 Å². The summed E-state index contributed by atoms with van der Waals surface area (Å²) in [5, 5.41) is 3.43. The lowest BCUT2D eigenvalue weighted by Gasteiger charge is -2.10. The van der Waals surface area contributed by atoms with E-state index in [0.29, 0.717) is 16.7 Å². The van der Waals surface area contributed by atoms with E-state index in [4.69, 9.17) is 4.74 Å². The molecule has 0 spiro atoms. The van der Waals surface area contributed by atoms with Crippen LogP contribution in [0.2, 0.25) is 0 Å². The van der Waals surface area contributed by atoms with Crippen molar-refractivity contribution >= 4 is 50.5 Å². The molecule has 29 heavy (non-hydrogen) atoms. The summed E-state index contributed by atoms with van der Waals surface area (Å²) in [5.41, 5.74) is 2.87. The van der Waals surface area contributed by atoms with Crippen LogP contribution in [0.3, 0.4) is 0 Å². The van der Waals surface area contributed by atoms with Gasteiger partial charge in [0.05, 0.1) is 17.2 Å². The Morgan fingerprint density at radius 3 is 2.69 bits per heavy atom. The van der Waals surface area contributed by atoms with Gasteiger partial charge in [-0.3, -0.25) is 4.79 Å². The molecule has 2 aromatic rings. The van der Waals surface area contributed by atoms with Gasteiger partial charge in [-0.05, 0) is 61.5 Å². The molecule has 0 saturated carbocycles. The van der Waals surface area contributed by atoms with Crippen molar-refractivity contribution < 1.29 is 9.53 Å². The molecule has 1 aliphatic rings. The first-order chi connectivity index (χ1) is 14.0. The number of carbonyl (C=O) groups is 1. The van der Waals surface area contributed by atoms with Gasteiger partial charge in [-0.1, -0.05) is 59.8 Å². The van der Waals surface area contributed by atoms with E-state index in [2.05, 4.69) is 33.2 Å². The monoisotopic (exact) mass is 472 g/mol. The van der Waals surface area contributed by atoms with E-state index in [1.807, 2.05) is 55.5 Å². The molecule has 152 valence electrons. The van der Waals surface area contributed by atoms with Crippen LogP contribution in [-0.4, -0.2) is 17.7 Å². The van der Waals surface area contributed by atoms with Gasteiger partial charge in [-0.2, -0.15) is 0 Å². The van der Waals surface area contributed by atoms with Crippen LogP contribution >= 0.6 is 27.7 Å². The number of unbranched alkanes of at least 4 members (excludes halogenated alkanes) is 3. The Kier molecular flexibility index (Phi) is 7.95. The van der Waals surface area contributed by atoms with Crippen molar-refractivity contribution in [1.29, 1.82) is 0 Å². The van der Waals surface area contributed by atoms with Crippen LogP contribution in [0.15, 0.2) is 56.8 Å². The Morgan fingerprint density at radius 2 is 1.93 bits per heavy atom. The number of aryl methyl sites for hydroxylation is 1. The average Bonchev–Trinajstić information content (AvgIpc) is 3.04. The number of thioether (sulfide) groups is 1. The summed E-state index contributed by atoms with van der Waals surface area (Å²) in [5.74, 6) is 0.643. The molecule has 1 heterocycles. The van der Waals surface area contributed by atoms with Crippen molar-refractivity contribution in [2.75, 3.05) is 6.61 Å². The third kappa shape index (κ3) is 6.47. The lowest BCUT2D eigenvalue weighted by Crippen LogP contribution is -2.19. The van der Waals surface area contributed by atoms with Gasteiger partial charge in [0, 0.05) is 10.0 Å². The lowest BCUT2D eigenvalue weighted by atomic mass is 10.2. The van der Waals surface area contributed by atoms with Crippen molar-refractivity contribution in [3.63, 3.8) is 0 Å². The minimum absolute atomic E-state index is 0.144. The number of nitrogens with zero attached hydrogens (tertiary/aromatic N) is 1. The number of amidine groups is 1. The summed E-state index contributed by atoms with van der Waals surface area (Å²) >= 11 is 4.85. The van der Waals surface area contributed by atoms with Gasteiger partial charge in [-0.25, -0.2) is 4.99 Å². The van der Waals surface area contributed by atoms with E-state index in [-0.39, 0.29) is 5.91 Å². The molecular formula is C23H25BrN2O2S. The van der Waals surface area contributed by atoms with E-state index in [9.17, 15) is 4.79 Å². The number of ether oxygens (including phenoxy) is 1. The zero-order chi connectivity index (χ0) is 20.6. The number of halogens is 1. The molecule has 1 amide bonds. The molecule has 1 aliphatic heterocycles. The number of amides is 1. The van der Waals surface area contributed by atoms with E-state index in [0.717, 1.165) is 27.9 Å². The highest BCUT2D eigenvalue weighted by Gasteiger charge is 2.24. The summed E-state index contributed by atoms with van der Waals surface area (Å²) in [6.45, 7) is 4.91. The minimum atomic E-state index is -0.144. The van der Waals surface area contributed by atoms with Gasteiger partial charge in [0.25, 0.3) is 5.91 Å². The molecule has 1 N–H and O–H groups in total. The second-order valence-electron chi connectivity index (χ2n) is 6.91. The Balaban J connectivity index is 1.74. The van der Waals surface area contributed by atoms with E-state index in [1.165, 1.54) is 36.6 Å². The van der Waals surface area contributed by atoms with Gasteiger partial charge in [0.2, 0.25) is 0 Å². The van der Waals surface area contributed by atoms with Crippen LogP contribution in [-0.2, 0) is 4.79 Å². The topological polar surface area (TPSA) is 50.7 Å². The summed E-state index contributed by atoms with van der Waals surface area (Å²) in [4.78, 5) is 17.6. The predicted octanol–water partition coefficient (Wildman–Crippen LogP) is 6.61. The zero-order valence-corrected chi connectivity index (χ0v) is 19.1. The van der Waals surface area contributed by atoms with Crippen molar-refractivity contribution in [1.82, 2.24) is 5.32 Å². The Bertz CT molecular complexity index is 923. The quantitative estimate of drug-likeness (QED) is 0.347. The fourth-order valence-electron chi connectivity index (χ4n) is 2.83. The number of benzene rings is 2. The molecule has 1 fully saturated rings. The normalized spacial score (nSPS) is 16.4. The molecule has 6 heteroatoms. The highest BCUT2D eigenvalue weighted by molar-refractivity contribution is 9.10. The SMILES string of the molecule is CCCCCCOc1ccc(Br)cc1/C=C1/SC(=Nc2ccc(C)cc2)NC1=O. The molecule has 2 aromatic carbocycles. The summed E-state index contributed by atoms with van der Waals surface area (Å²) in [6.07, 6.45) is 6.49. The number of carbonyl (C=O) groups excluding carboxylic acids is 1. The first-order valence-corrected chi connectivity index (χ1v) is 11.4. The summed E-state index contributed by atoms with van der Waals surface area (Å²) in [7, 11) is 0. The van der Waals surface area contributed by atoms with Crippen LogP contribution in [0, 0.1) is 6.92 Å². The second-order valence-corrected chi connectivity index (χ2v) is 8.85. The number of hydrogen-bond acceptors (Lipinski definition) is 4. The maximum absolute atomic E-state index is 12.4. The first kappa shape index (κ1) is 21.7. The molecule has 0 unspecified atom stereocenters. The zero-order valence-electron chi connectivity index (χ0n) is 16.7. The van der Waals surface area contributed by atoms with Gasteiger partial charge < -0.3 is 10.1 Å². The average molecular weight is 473 g/mol. The van der Waals surface area contributed by atoms with Gasteiger partial charge in [-0.15, -0.1) is 0 Å². The molecule has 0 radical (unpaired) electrons. The Labute approximate surface area is 185 Å². The number of nitrogens with one attached hydrogen (secondary N) is 1. The smallest absolute Gasteiger partial charge is 0.264 e. The largest absolute Gasteiger partial charge is 0.493 e. The minimum Gasteiger partial charge on any atom is -0.493 e. The van der Waals surface area contributed by atoms with Crippen LogP contribution in [0.1, 0.15) is 43.7 Å². The highest BCUT2D eigenvalue weighted by Crippen LogP contribution is 2.32. The highest BCUT2D eigenvalue weighted by atomic mass is 79.9. The summed E-state index contributed by atoms with van der Waals surface area (Å²) in [6, 6.07) is 13.7. The van der Waals surface area contributed by atoms with Crippen molar-refractivity contribution in [2.24, 2.45) is 4.99 Å². The van der Waals surface area contributed by atoms with Crippen LogP contribution < -0.4 is 10.1 Å². The van der Waals surface area contributed by atoms with Gasteiger partial charge in [0.15, 0.2) is 5.17 Å². The molecule has 4 nitrogen and oxygen atoms in total. The number of aliphatic imine (C=N–C) groups is 1. The molecule has 0 aromatic heterocycles. The molecule has 0 bridgehead atoms. The third-order valence-electron chi connectivity index (χ3n) is 4.43. The fourth-order valence-corrected chi connectivity index (χ4v) is 4.04. The van der Waals surface area contributed by atoms with E-state index in [1.54, 1.807) is 0 Å². The predicted molar refractivity (Wildman–Crippen MR) is 126 cm³/mol. The Hall–Kier alpha value is -2.05. The second kappa shape index (κ2) is 10.6. The van der Waals surface area contributed by atoms with Gasteiger partial charge in [0.1, 0.15) is 5.75 Å². The van der Waals surface area contributed by atoms with Crippen molar-refractivity contribution in [3.8, 4) is 5.75 Å². The molecule has 1 saturated heterocycles. The fraction of sp³-hybridized carbons (Fsp3) is 0.304. The summed E-state index contributed by atoms with van der Waals surface area (Å²) < 4.78 is 6.93.